The van der Waals surface area contributed by atoms with Crippen molar-refractivity contribution in [1.82, 2.24) is 4.31 Å². The topological polar surface area (TPSA) is 99.2 Å². The lowest BCUT2D eigenvalue weighted by molar-refractivity contribution is 0.177. The van der Waals surface area contributed by atoms with E-state index in [0.717, 1.165) is 22.7 Å². The molecule has 8 nitrogen and oxygen atoms in total. The van der Waals surface area contributed by atoms with Crippen LogP contribution in [0, 0.1) is 5.82 Å². The van der Waals surface area contributed by atoms with Gasteiger partial charge in [0, 0.05) is 20.2 Å². The van der Waals surface area contributed by atoms with Crippen molar-refractivity contribution in [3.63, 3.8) is 0 Å². The molecule has 11 heteroatoms. The molecule has 0 fully saturated rings. The van der Waals surface area contributed by atoms with E-state index >= 15 is 0 Å². The van der Waals surface area contributed by atoms with Crippen molar-refractivity contribution in [3.8, 4) is 11.5 Å². The van der Waals surface area contributed by atoms with E-state index in [1.165, 1.54) is 38.5 Å². The van der Waals surface area contributed by atoms with Crippen molar-refractivity contribution in [3.05, 3.63) is 53.8 Å². The van der Waals surface area contributed by atoms with Gasteiger partial charge in [-0.3, -0.25) is 0 Å². The molecule has 0 aliphatic heterocycles. The van der Waals surface area contributed by atoms with Crippen molar-refractivity contribution in [2.75, 3.05) is 33.6 Å². The smallest absolute Gasteiger partial charge is 0.306 e. The first-order valence-electron chi connectivity index (χ1n) is 8.38. The lowest BCUT2D eigenvalue weighted by Gasteiger charge is -2.22. The van der Waals surface area contributed by atoms with Gasteiger partial charge in [0.1, 0.15) is 5.82 Å². The number of halogens is 1. The lowest BCUT2D eigenvalue weighted by atomic mass is 10.2. The van der Waals surface area contributed by atoms with E-state index in [4.69, 9.17) is 13.7 Å². The minimum atomic E-state index is -3.96. The summed E-state index contributed by atoms with van der Waals surface area (Å²) in [6.07, 6.45) is 0.892. The Bertz CT molecular complexity index is 1040. The van der Waals surface area contributed by atoms with Gasteiger partial charge in [-0.25, -0.2) is 12.8 Å². The maximum atomic E-state index is 13.2. The minimum Gasteiger partial charge on any atom is -0.493 e. The van der Waals surface area contributed by atoms with Crippen molar-refractivity contribution >= 4 is 20.1 Å². The third-order valence-electron chi connectivity index (χ3n) is 3.82. The second kappa shape index (κ2) is 9.53. The zero-order chi connectivity index (χ0) is 21.7. The van der Waals surface area contributed by atoms with Gasteiger partial charge in [-0.2, -0.15) is 12.7 Å². The van der Waals surface area contributed by atoms with Gasteiger partial charge in [0.25, 0.3) is 0 Å². The van der Waals surface area contributed by atoms with Crippen LogP contribution >= 0.6 is 0 Å². The maximum absolute atomic E-state index is 13.2. The zero-order valence-corrected chi connectivity index (χ0v) is 17.8. The van der Waals surface area contributed by atoms with Crippen LogP contribution in [0.1, 0.15) is 5.56 Å². The molecule has 0 unspecified atom stereocenters. The van der Waals surface area contributed by atoms with Crippen LogP contribution in [0.3, 0.4) is 0 Å². The van der Waals surface area contributed by atoms with Crippen molar-refractivity contribution in [2.45, 2.75) is 11.4 Å². The second-order valence-electron chi connectivity index (χ2n) is 6.06. The molecule has 0 saturated heterocycles. The van der Waals surface area contributed by atoms with Gasteiger partial charge in [-0.1, -0.05) is 6.07 Å². The van der Waals surface area contributed by atoms with Crippen molar-refractivity contribution in [2.24, 2.45) is 0 Å². The summed E-state index contributed by atoms with van der Waals surface area (Å²) in [5, 5.41) is 0. The molecular weight excluding hydrogens is 425 g/mol. The summed E-state index contributed by atoms with van der Waals surface area (Å²) in [6, 6.07) is 8.94. The Morgan fingerprint density at radius 2 is 1.62 bits per heavy atom. The number of benzene rings is 2. The average molecular weight is 448 g/mol. The highest BCUT2D eigenvalue weighted by atomic mass is 32.2. The van der Waals surface area contributed by atoms with Crippen LogP contribution in [0.4, 0.5) is 4.39 Å². The standard InChI is InChI=1S/C18H22FNO7S2/c1-25-11-10-20(29(23,24)16-7-5-15(19)6-8-16)13-14-4-9-17(26-2)18(12-14)27-28(3,21)22/h4-9,12H,10-11,13H2,1-3H3. The molecular formula is C18H22FNO7S2. The highest BCUT2D eigenvalue weighted by molar-refractivity contribution is 7.89. The molecule has 0 amide bonds. The van der Waals surface area contributed by atoms with Gasteiger partial charge < -0.3 is 13.7 Å². The summed E-state index contributed by atoms with van der Waals surface area (Å²) in [4.78, 5) is -0.0730. The van der Waals surface area contributed by atoms with Gasteiger partial charge in [-0.15, -0.1) is 0 Å². The molecule has 0 heterocycles. The normalized spacial score (nSPS) is 12.2. The monoisotopic (exact) mass is 447 g/mol. The third-order valence-corrected chi connectivity index (χ3v) is 6.17. The number of sulfonamides is 1. The first kappa shape index (κ1) is 23.1. The quantitative estimate of drug-likeness (QED) is 0.514. The summed E-state index contributed by atoms with van der Waals surface area (Å²) >= 11 is 0. The fourth-order valence-electron chi connectivity index (χ4n) is 2.48. The Kier molecular flexibility index (Phi) is 7.58. The number of nitrogens with zero attached hydrogens (tertiary/aromatic N) is 1. The Labute approximate surface area is 170 Å². The molecule has 29 heavy (non-hydrogen) atoms. The van der Waals surface area contributed by atoms with Crippen LogP contribution in [-0.4, -0.2) is 54.8 Å². The first-order valence-corrected chi connectivity index (χ1v) is 11.6. The van der Waals surface area contributed by atoms with Crippen molar-refractivity contribution < 1.29 is 34.9 Å². The molecule has 0 aromatic heterocycles. The van der Waals surface area contributed by atoms with E-state index in [-0.39, 0.29) is 36.1 Å². The molecule has 2 aromatic rings. The second-order valence-corrected chi connectivity index (χ2v) is 9.57. The molecule has 0 radical (unpaired) electrons. The van der Waals surface area contributed by atoms with E-state index in [9.17, 15) is 21.2 Å². The van der Waals surface area contributed by atoms with Gasteiger partial charge in [-0.05, 0) is 42.0 Å². The predicted octanol–water partition coefficient (Wildman–Crippen LogP) is 2.01. The molecule has 0 bridgehead atoms. The fraction of sp³-hybridized carbons (Fsp3) is 0.333. The van der Waals surface area contributed by atoms with Gasteiger partial charge >= 0.3 is 10.1 Å². The number of ether oxygens (including phenoxy) is 2. The van der Waals surface area contributed by atoms with Gasteiger partial charge in [0.2, 0.25) is 10.0 Å². The Morgan fingerprint density at radius 3 is 2.17 bits per heavy atom. The molecule has 0 atom stereocenters. The molecule has 0 N–H and O–H groups in total. The van der Waals surface area contributed by atoms with Crippen LogP contribution in [0.2, 0.25) is 0 Å². The lowest BCUT2D eigenvalue weighted by Crippen LogP contribution is -2.33. The summed E-state index contributed by atoms with van der Waals surface area (Å²) in [6.45, 7) is 0.0704. The van der Waals surface area contributed by atoms with E-state index in [2.05, 4.69) is 0 Å². The summed E-state index contributed by atoms with van der Waals surface area (Å²) in [7, 11) is -4.97. The SMILES string of the molecule is COCCN(Cc1ccc(OC)c(OS(C)(=O)=O)c1)S(=O)(=O)c1ccc(F)cc1. The Balaban J connectivity index is 2.39. The Morgan fingerprint density at radius 1 is 0.966 bits per heavy atom. The molecule has 0 aliphatic carbocycles. The third kappa shape index (κ3) is 6.39. The molecule has 160 valence electrons. The molecule has 0 saturated carbocycles. The largest absolute Gasteiger partial charge is 0.493 e. The van der Waals surface area contributed by atoms with E-state index in [0.29, 0.717) is 5.56 Å². The number of hydrogen-bond acceptors (Lipinski definition) is 7. The molecule has 0 aliphatic rings. The molecule has 2 rings (SSSR count). The summed E-state index contributed by atoms with van der Waals surface area (Å²) in [5.74, 6) is -0.424. The molecule has 2 aromatic carbocycles. The van der Waals surface area contributed by atoms with Crippen molar-refractivity contribution in [1.29, 1.82) is 0 Å². The first-order chi connectivity index (χ1) is 13.6. The highest BCUT2D eigenvalue weighted by Crippen LogP contribution is 2.30. The summed E-state index contributed by atoms with van der Waals surface area (Å²) in [5.41, 5.74) is 0.464. The average Bonchev–Trinajstić information content (AvgIpc) is 2.64. The maximum Gasteiger partial charge on any atom is 0.306 e. The Hall–Kier alpha value is -2.21. The van der Waals surface area contributed by atoms with Crippen LogP contribution in [0.25, 0.3) is 0 Å². The van der Waals surface area contributed by atoms with Gasteiger partial charge in [0.15, 0.2) is 11.5 Å². The van der Waals surface area contributed by atoms with Crippen LogP contribution in [0.15, 0.2) is 47.4 Å². The van der Waals surface area contributed by atoms with Crippen LogP contribution in [-0.2, 0) is 31.4 Å². The van der Waals surface area contributed by atoms with Gasteiger partial charge in [0.05, 0.1) is 24.9 Å². The van der Waals surface area contributed by atoms with E-state index in [1.54, 1.807) is 6.07 Å². The van der Waals surface area contributed by atoms with E-state index < -0.39 is 26.0 Å². The molecule has 0 spiro atoms. The van der Waals surface area contributed by atoms with E-state index in [1.807, 2.05) is 0 Å². The number of methoxy groups -OCH3 is 2. The number of rotatable bonds is 10. The number of hydrogen-bond donors (Lipinski definition) is 0. The predicted molar refractivity (Wildman–Crippen MR) is 104 cm³/mol. The fourth-order valence-corrected chi connectivity index (χ4v) is 4.35. The minimum absolute atomic E-state index is 0.0322. The van der Waals surface area contributed by atoms with Crippen LogP contribution in [0.5, 0.6) is 11.5 Å². The zero-order valence-electron chi connectivity index (χ0n) is 16.2. The summed E-state index contributed by atoms with van der Waals surface area (Å²) < 4.78 is 78.3. The highest BCUT2D eigenvalue weighted by Gasteiger charge is 2.25. The van der Waals surface area contributed by atoms with Crippen LogP contribution < -0.4 is 8.92 Å².